The van der Waals surface area contributed by atoms with Crippen LogP contribution in [0, 0.1) is 0 Å². The minimum atomic E-state index is -3.64. The first-order valence-electron chi connectivity index (χ1n) is 16.0. The van der Waals surface area contributed by atoms with Crippen LogP contribution in [0.3, 0.4) is 0 Å². The molecule has 2 fully saturated rings. The van der Waals surface area contributed by atoms with Crippen molar-refractivity contribution in [3.05, 3.63) is 12.1 Å². The van der Waals surface area contributed by atoms with Gasteiger partial charge in [-0.2, -0.15) is 4.98 Å². The standard InChI is InChI=1S/C19H25N5O4/c1-26-15-10-12-13(11-16(15)27-2)21-19(22-17(12)20)24-7-5-23(6-8-24)18(25)14-4-3-9-28-14/h10-11,14H,3-9H2,1-2H3,(H2,20,21,22)/i1D3,2D3,5D2,6D2,7D2,8D2/hD2. The Morgan fingerprint density at radius 1 is 1.29 bits per heavy atom. The number of anilines is 2. The van der Waals surface area contributed by atoms with Crippen molar-refractivity contribution in [2.45, 2.75) is 18.9 Å². The monoisotopic (exact) mass is 403 g/mol. The van der Waals surface area contributed by atoms with Crippen LogP contribution in [0.25, 0.3) is 10.9 Å². The molecule has 2 aromatic rings. The Bertz CT molecular complexity index is 1420. The van der Waals surface area contributed by atoms with Crippen LogP contribution < -0.4 is 20.1 Å². The molecule has 0 radical (unpaired) electrons. The average Bonchev–Trinajstić information content (AvgIpc) is 3.36. The molecule has 2 N–H and O–H groups in total. The highest BCUT2D eigenvalue weighted by Crippen LogP contribution is 2.34. The van der Waals surface area contributed by atoms with Gasteiger partial charge in [0.1, 0.15) is 11.9 Å². The van der Waals surface area contributed by atoms with Gasteiger partial charge in [-0.25, -0.2) is 4.98 Å². The smallest absolute Gasteiger partial charge is 0.251 e. The Labute approximate surface area is 186 Å². The summed E-state index contributed by atoms with van der Waals surface area (Å²) in [4.78, 5) is 20.7. The van der Waals surface area contributed by atoms with E-state index in [-0.39, 0.29) is 33.9 Å². The van der Waals surface area contributed by atoms with Gasteiger partial charge in [0, 0.05) is 44.0 Å². The maximum atomic E-state index is 13.2. The third-order valence-corrected chi connectivity index (χ3v) is 4.12. The van der Waals surface area contributed by atoms with Crippen molar-refractivity contribution in [3.63, 3.8) is 0 Å². The number of fused-ring (bicyclic) bond motifs is 1. The molecule has 0 aliphatic carbocycles. The SMILES string of the molecule is [2H]N([2H])c1nc(N2C([2H])([2H])C([2H])([2H])N(C(=O)C3CCCO3)C([2H])([2H])C2([2H])[2H])nc2cc(OC([2H])([2H])[2H])c(OC([2H])([2H])[2H])cc12. The Morgan fingerprint density at radius 3 is 2.75 bits per heavy atom. The molecule has 0 saturated carbocycles. The maximum Gasteiger partial charge on any atom is 0.251 e. The molecule has 1 atom stereocenters. The third kappa shape index (κ3) is 3.37. The number of piperazine rings is 1. The highest BCUT2D eigenvalue weighted by Gasteiger charge is 2.31. The topological polar surface area (TPSA) is 103 Å². The number of carbonyl (C=O) groups is 1. The van der Waals surface area contributed by atoms with Crippen LogP contribution in [0.4, 0.5) is 11.8 Å². The second kappa shape index (κ2) is 7.67. The van der Waals surface area contributed by atoms with Crippen molar-refractivity contribution in [2.24, 2.45) is 0 Å². The summed E-state index contributed by atoms with van der Waals surface area (Å²) in [5, 5.41) is -0.366. The minimum absolute atomic E-state index is 0.0608. The van der Waals surface area contributed by atoms with Crippen molar-refractivity contribution in [2.75, 3.05) is 57.3 Å². The van der Waals surface area contributed by atoms with E-state index in [0.717, 1.165) is 12.1 Å². The van der Waals surface area contributed by atoms with Crippen molar-refractivity contribution in [1.82, 2.24) is 14.9 Å². The number of carbonyl (C=O) groups excluding carboxylic acids is 1. The van der Waals surface area contributed by atoms with E-state index < -0.39 is 80.9 Å². The highest BCUT2D eigenvalue weighted by molar-refractivity contribution is 5.91. The molecule has 9 nitrogen and oxygen atoms in total. The van der Waals surface area contributed by atoms with Crippen molar-refractivity contribution >= 4 is 28.6 Å². The summed E-state index contributed by atoms with van der Waals surface area (Å²) in [5.74, 6) is -4.68. The quantitative estimate of drug-likeness (QED) is 0.790. The third-order valence-electron chi connectivity index (χ3n) is 4.12. The summed E-state index contributed by atoms with van der Waals surface area (Å²) in [6, 6.07) is 1.59. The van der Waals surface area contributed by atoms with Gasteiger partial charge in [-0.1, -0.05) is 0 Å². The van der Waals surface area contributed by atoms with E-state index in [4.69, 9.17) is 36.2 Å². The normalized spacial score (nSPS) is 36.2. The van der Waals surface area contributed by atoms with E-state index in [2.05, 4.69) is 9.97 Å². The number of rotatable bonds is 5. The molecule has 28 heavy (non-hydrogen) atoms. The molecule has 3 heterocycles. The summed E-state index contributed by atoms with van der Waals surface area (Å²) in [5.41, 5.74) is -0.653. The number of nitrogens with two attached hydrogens (primary N) is 1. The summed E-state index contributed by atoms with van der Waals surface area (Å²) in [7, 11) is -6.30. The molecule has 0 bridgehead atoms. The molecule has 1 aromatic heterocycles. The van der Waals surface area contributed by atoms with Crippen LogP contribution >= 0.6 is 0 Å². The molecular formula is C19H25N5O4. The molecule has 2 saturated heterocycles. The Morgan fingerprint density at radius 2 is 2.07 bits per heavy atom. The molecule has 1 amide bonds. The zero-order chi connectivity index (χ0) is 33.4. The Hall–Kier alpha value is -2.81. The van der Waals surface area contributed by atoms with Crippen LogP contribution in [-0.4, -0.2) is 73.5 Å². The molecule has 2 aliphatic heterocycles. The summed E-state index contributed by atoms with van der Waals surface area (Å²) in [6.07, 6.45) is -0.921. The maximum absolute atomic E-state index is 13.2. The fourth-order valence-electron chi connectivity index (χ4n) is 2.75. The average molecular weight is 404 g/mol. The highest BCUT2D eigenvalue weighted by atomic mass is 16.5. The molecular weight excluding hydrogens is 362 g/mol. The lowest BCUT2D eigenvalue weighted by Crippen LogP contribution is -2.51. The predicted molar refractivity (Wildman–Crippen MR) is 105 cm³/mol. The van der Waals surface area contributed by atoms with E-state index in [1.54, 1.807) is 0 Å². The number of benzene rings is 1. The first-order chi connectivity index (χ1) is 19.8. The van der Waals surface area contributed by atoms with Gasteiger partial charge in [0.15, 0.2) is 14.3 Å². The largest absolute Gasteiger partial charge is 0.493 e. The van der Waals surface area contributed by atoms with Gasteiger partial charge in [-0.15, -0.1) is 0 Å². The number of hydrogen-bond acceptors (Lipinski definition) is 8. The number of hydrogen-bond donors (Lipinski definition) is 1. The molecule has 4 rings (SSSR count). The lowest BCUT2D eigenvalue weighted by atomic mass is 10.2. The van der Waals surface area contributed by atoms with E-state index in [9.17, 15) is 4.79 Å². The number of nitrogen functional groups attached to an aromatic ring is 1. The summed E-state index contributed by atoms with van der Waals surface area (Å²) in [6.45, 7) is -14.4. The lowest BCUT2D eigenvalue weighted by molar-refractivity contribution is -0.141. The molecule has 0 spiro atoms. The van der Waals surface area contributed by atoms with Gasteiger partial charge in [0.05, 0.1) is 38.8 Å². The molecule has 150 valence electrons. The number of amides is 1. The number of aromatic nitrogens is 2. The first kappa shape index (κ1) is 7.55. The Balaban J connectivity index is 1.97. The van der Waals surface area contributed by atoms with Gasteiger partial charge in [-0.3, -0.25) is 4.79 Å². The van der Waals surface area contributed by atoms with Crippen LogP contribution in [0.5, 0.6) is 11.5 Å². The zero-order valence-electron chi connectivity index (χ0n) is 30.2. The van der Waals surface area contributed by atoms with E-state index in [1.807, 2.05) is 0 Å². The molecule has 9 heteroatoms. The van der Waals surface area contributed by atoms with Gasteiger partial charge >= 0.3 is 0 Å². The Kier molecular flexibility index (Phi) is 2.07. The summed E-state index contributed by atoms with van der Waals surface area (Å²) < 4.78 is 144. The van der Waals surface area contributed by atoms with Crippen molar-refractivity contribution < 1.29 is 41.0 Å². The van der Waals surface area contributed by atoms with E-state index in [0.29, 0.717) is 6.42 Å². The second-order valence-corrected chi connectivity index (χ2v) is 5.83. The van der Waals surface area contributed by atoms with Crippen LogP contribution in [0.15, 0.2) is 12.1 Å². The van der Waals surface area contributed by atoms with Crippen LogP contribution in [0.2, 0.25) is 2.82 Å². The van der Waals surface area contributed by atoms with Crippen molar-refractivity contribution in [3.8, 4) is 11.5 Å². The van der Waals surface area contributed by atoms with Gasteiger partial charge in [0.2, 0.25) is 5.95 Å². The number of methoxy groups -OCH3 is 2. The number of nitrogens with zero attached hydrogens (tertiary/aromatic N) is 4. The summed E-state index contributed by atoms with van der Waals surface area (Å²) >= 11 is 0. The van der Waals surface area contributed by atoms with E-state index in [1.165, 1.54) is 0 Å². The minimum Gasteiger partial charge on any atom is -0.493 e. The van der Waals surface area contributed by atoms with Gasteiger partial charge < -0.3 is 29.7 Å². The fraction of sp³-hybridized carbons (Fsp3) is 0.526. The number of ether oxygens (including phenoxy) is 3. The van der Waals surface area contributed by atoms with Crippen LogP contribution in [0.1, 0.15) is 32.0 Å². The fourth-order valence-corrected chi connectivity index (χ4v) is 2.75. The molecule has 2 aliphatic rings. The lowest BCUT2D eigenvalue weighted by Gasteiger charge is -2.35. The van der Waals surface area contributed by atoms with Gasteiger partial charge in [-0.05, 0) is 18.9 Å². The zero-order valence-corrected chi connectivity index (χ0v) is 14.2. The van der Waals surface area contributed by atoms with Gasteiger partial charge in [0.25, 0.3) is 5.91 Å². The predicted octanol–water partition coefficient (Wildman–Crippen LogP) is 1.06. The molecule has 1 unspecified atom stereocenters. The second-order valence-electron chi connectivity index (χ2n) is 5.83. The molecule has 1 aromatic carbocycles. The van der Waals surface area contributed by atoms with Crippen LogP contribution in [-0.2, 0) is 9.53 Å². The van der Waals surface area contributed by atoms with Crippen molar-refractivity contribution in [1.29, 1.82) is 0 Å². The van der Waals surface area contributed by atoms with E-state index >= 15 is 0 Å². The first-order valence-corrected chi connectivity index (χ1v) is 8.11.